The molecular formula is C10H15NO. The maximum atomic E-state index is 5.26. The van der Waals surface area contributed by atoms with Gasteiger partial charge in [-0.3, -0.25) is 0 Å². The van der Waals surface area contributed by atoms with Crippen LogP contribution in [0.4, 0.5) is 0 Å². The van der Waals surface area contributed by atoms with Crippen molar-refractivity contribution in [1.82, 2.24) is 0 Å². The van der Waals surface area contributed by atoms with Crippen molar-refractivity contribution in [3.63, 3.8) is 0 Å². The fraction of sp³-hybridized carbons (Fsp3) is 0.500. The van der Waals surface area contributed by atoms with Crippen molar-refractivity contribution in [3.05, 3.63) is 24.6 Å². The van der Waals surface area contributed by atoms with E-state index in [0.717, 1.165) is 18.7 Å². The van der Waals surface area contributed by atoms with Gasteiger partial charge in [0.25, 0.3) is 0 Å². The SMILES string of the molecule is CCCCCC1=NC=CC=CO1. The Bertz CT molecular complexity index is 204. The summed E-state index contributed by atoms with van der Waals surface area (Å²) in [4.78, 5) is 4.15. The standard InChI is InChI=1S/C10H15NO/c1-2-3-4-7-10-11-8-5-6-9-12-10/h5-6,8-9H,2-4,7H2,1H3. The zero-order valence-electron chi connectivity index (χ0n) is 7.49. The van der Waals surface area contributed by atoms with E-state index in [9.17, 15) is 0 Å². The van der Waals surface area contributed by atoms with Gasteiger partial charge in [-0.2, -0.15) is 0 Å². The number of hydrogen-bond acceptors (Lipinski definition) is 2. The van der Waals surface area contributed by atoms with Crippen LogP contribution in [0.25, 0.3) is 0 Å². The van der Waals surface area contributed by atoms with Crippen LogP contribution in [0.5, 0.6) is 0 Å². The summed E-state index contributed by atoms with van der Waals surface area (Å²) in [5.41, 5.74) is 0. The minimum atomic E-state index is 0.827. The van der Waals surface area contributed by atoms with Crippen LogP contribution in [0.1, 0.15) is 32.6 Å². The van der Waals surface area contributed by atoms with Gasteiger partial charge in [0.15, 0.2) is 5.90 Å². The van der Waals surface area contributed by atoms with Crippen LogP contribution in [0, 0.1) is 0 Å². The second-order valence-electron chi connectivity index (χ2n) is 2.77. The molecule has 0 amide bonds. The van der Waals surface area contributed by atoms with E-state index in [1.807, 2.05) is 12.2 Å². The first-order valence-corrected chi connectivity index (χ1v) is 4.48. The molecular weight excluding hydrogens is 150 g/mol. The van der Waals surface area contributed by atoms with Gasteiger partial charge in [0.05, 0.1) is 6.26 Å². The summed E-state index contributed by atoms with van der Waals surface area (Å²) in [5, 5.41) is 0. The van der Waals surface area contributed by atoms with E-state index in [1.165, 1.54) is 12.8 Å². The zero-order valence-corrected chi connectivity index (χ0v) is 7.49. The smallest absolute Gasteiger partial charge is 0.193 e. The van der Waals surface area contributed by atoms with Gasteiger partial charge in [-0.05, 0) is 18.6 Å². The molecule has 0 aromatic heterocycles. The Morgan fingerprint density at radius 3 is 3.08 bits per heavy atom. The van der Waals surface area contributed by atoms with E-state index >= 15 is 0 Å². The lowest BCUT2D eigenvalue weighted by molar-refractivity contribution is 0.453. The fourth-order valence-electron chi connectivity index (χ4n) is 1.02. The molecule has 2 heteroatoms. The minimum Gasteiger partial charge on any atom is -0.451 e. The first-order chi connectivity index (χ1) is 5.93. The van der Waals surface area contributed by atoms with Crippen LogP contribution in [0.15, 0.2) is 29.6 Å². The van der Waals surface area contributed by atoms with E-state index in [4.69, 9.17) is 4.74 Å². The van der Waals surface area contributed by atoms with Crippen molar-refractivity contribution in [2.75, 3.05) is 0 Å². The summed E-state index contributed by atoms with van der Waals surface area (Å²) in [6.45, 7) is 2.19. The third-order valence-corrected chi connectivity index (χ3v) is 1.69. The van der Waals surface area contributed by atoms with Crippen molar-refractivity contribution < 1.29 is 4.74 Å². The monoisotopic (exact) mass is 165 g/mol. The molecule has 0 radical (unpaired) electrons. The topological polar surface area (TPSA) is 21.6 Å². The molecule has 0 aromatic carbocycles. The predicted octanol–water partition coefficient (Wildman–Crippen LogP) is 3.02. The molecule has 0 saturated carbocycles. The Morgan fingerprint density at radius 2 is 2.25 bits per heavy atom. The summed E-state index contributed by atoms with van der Waals surface area (Å²) >= 11 is 0. The summed E-state index contributed by atoms with van der Waals surface area (Å²) in [6.07, 6.45) is 11.7. The Morgan fingerprint density at radius 1 is 1.33 bits per heavy atom. The Labute approximate surface area is 73.6 Å². The molecule has 0 N–H and O–H groups in total. The molecule has 0 saturated heterocycles. The van der Waals surface area contributed by atoms with E-state index in [2.05, 4.69) is 11.9 Å². The van der Waals surface area contributed by atoms with E-state index in [0.29, 0.717) is 0 Å². The van der Waals surface area contributed by atoms with Crippen molar-refractivity contribution in [2.24, 2.45) is 4.99 Å². The van der Waals surface area contributed by atoms with Crippen LogP contribution in [0.3, 0.4) is 0 Å². The van der Waals surface area contributed by atoms with Crippen molar-refractivity contribution >= 4 is 5.90 Å². The summed E-state index contributed by atoms with van der Waals surface area (Å²) in [5.74, 6) is 0.827. The fourth-order valence-corrected chi connectivity index (χ4v) is 1.02. The predicted molar refractivity (Wildman–Crippen MR) is 50.9 cm³/mol. The highest BCUT2D eigenvalue weighted by atomic mass is 16.5. The maximum Gasteiger partial charge on any atom is 0.193 e. The molecule has 0 fully saturated rings. The average Bonchev–Trinajstić information content (AvgIpc) is 2.33. The van der Waals surface area contributed by atoms with Gasteiger partial charge >= 0.3 is 0 Å². The van der Waals surface area contributed by atoms with Gasteiger partial charge in [-0.25, -0.2) is 4.99 Å². The van der Waals surface area contributed by atoms with Gasteiger partial charge in [0.2, 0.25) is 0 Å². The lowest BCUT2D eigenvalue weighted by Gasteiger charge is -2.01. The molecule has 0 bridgehead atoms. The van der Waals surface area contributed by atoms with Crippen molar-refractivity contribution in [1.29, 1.82) is 0 Å². The quantitative estimate of drug-likeness (QED) is 0.587. The van der Waals surface area contributed by atoms with Gasteiger partial charge in [-0.1, -0.05) is 19.8 Å². The van der Waals surface area contributed by atoms with Gasteiger partial charge in [0.1, 0.15) is 0 Å². The third kappa shape index (κ3) is 3.37. The number of allylic oxidation sites excluding steroid dienone is 2. The van der Waals surface area contributed by atoms with E-state index in [1.54, 1.807) is 12.5 Å². The minimum absolute atomic E-state index is 0.827. The zero-order chi connectivity index (χ0) is 8.65. The molecule has 0 aromatic rings. The second kappa shape index (κ2) is 5.58. The number of unbranched alkanes of at least 4 members (excludes halogenated alkanes) is 2. The number of rotatable bonds is 4. The van der Waals surface area contributed by atoms with E-state index < -0.39 is 0 Å². The maximum absolute atomic E-state index is 5.26. The number of aliphatic imine (C=N–C) groups is 1. The average molecular weight is 165 g/mol. The lowest BCUT2D eigenvalue weighted by atomic mass is 10.2. The third-order valence-electron chi connectivity index (χ3n) is 1.69. The van der Waals surface area contributed by atoms with Crippen molar-refractivity contribution in [3.8, 4) is 0 Å². The molecule has 1 heterocycles. The summed E-state index contributed by atoms with van der Waals surface area (Å²) in [6, 6.07) is 0. The number of hydrogen-bond donors (Lipinski definition) is 0. The molecule has 12 heavy (non-hydrogen) atoms. The molecule has 1 aliphatic rings. The number of ether oxygens (including phenoxy) is 1. The molecule has 0 spiro atoms. The molecule has 0 atom stereocenters. The van der Waals surface area contributed by atoms with Crippen LogP contribution >= 0.6 is 0 Å². The molecule has 1 aliphatic heterocycles. The molecule has 1 rings (SSSR count). The van der Waals surface area contributed by atoms with Gasteiger partial charge in [0, 0.05) is 12.6 Å². The van der Waals surface area contributed by atoms with E-state index in [-0.39, 0.29) is 0 Å². The normalized spacial score (nSPS) is 15.2. The Kier molecular flexibility index (Phi) is 4.21. The second-order valence-corrected chi connectivity index (χ2v) is 2.77. The highest BCUT2D eigenvalue weighted by Crippen LogP contribution is 2.04. The molecule has 66 valence electrons. The van der Waals surface area contributed by atoms with Crippen LogP contribution < -0.4 is 0 Å². The summed E-state index contributed by atoms with van der Waals surface area (Å²) < 4.78 is 5.26. The van der Waals surface area contributed by atoms with Crippen molar-refractivity contribution in [2.45, 2.75) is 32.6 Å². The first kappa shape index (κ1) is 9.04. The van der Waals surface area contributed by atoms with Crippen LogP contribution in [0.2, 0.25) is 0 Å². The first-order valence-electron chi connectivity index (χ1n) is 4.48. The molecule has 0 unspecified atom stereocenters. The molecule has 0 aliphatic carbocycles. The number of nitrogens with zero attached hydrogens (tertiary/aromatic N) is 1. The molecule has 2 nitrogen and oxygen atoms in total. The highest BCUT2D eigenvalue weighted by molar-refractivity contribution is 5.77. The van der Waals surface area contributed by atoms with Crippen LogP contribution in [-0.2, 0) is 4.74 Å². The summed E-state index contributed by atoms with van der Waals surface area (Å²) in [7, 11) is 0. The Balaban J connectivity index is 2.26. The van der Waals surface area contributed by atoms with Gasteiger partial charge < -0.3 is 4.74 Å². The largest absolute Gasteiger partial charge is 0.451 e. The lowest BCUT2D eigenvalue weighted by Crippen LogP contribution is -1.98. The van der Waals surface area contributed by atoms with Crippen LogP contribution in [-0.4, -0.2) is 5.90 Å². The highest BCUT2D eigenvalue weighted by Gasteiger charge is 1.98. The Hall–Kier alpha value is -1.05. The van der Waals surface area contributed by atoms with Gasteiger partial charge in [-0.15, -0.1) is 0 Å².